The fraction of sp³-hybridized carbons (Fsp3) is 0.571. The number of para-hydroxylation sites is 1. The lowest BCUT2D eigenvalue weighted by atomic mass is 9.97. The van der Waals surface area contributed by atoms with Crippen LogP contribution in [0.2, 0.25) is 0 Å². The predicted octanol–water partition coefficient (Wildman–Crippen LogP) is 1.86. The number of benzene rings is 1. The molecule has 1 aliphatic rings. The molecule has 0 aliphatic carbocycles. The van der Waals surface area contributed by atoms with Gasteiger partial charge in [-0.3, -0.25) is 4.90 Å². The monoisotopic (exact) mass is 322 g/mol. The van der Waals surface area contributed by atoms with Crippen LogP contribution < -0.4 is 10.1 Å². The smallest absolute Gasteiger partial charge is 0.387 e. The molecule has 0 saturated carbocycles. The highest BCUT2D eigenvalue weighted by atomic mass is 19.3. The first-order valence-corrected chi connectivity index (χ1v) is 6.93. The summed E-state index contributed by atoms with van der Waals surface area (Å²) in [6.45, 7) is -2.81. The van der Waals surface area contributed by atoms with Gasteiger partial charge in [0, 0.05) is 31.7 Å². The molecule has 1 fully saturated rings. The van der Waals surface area contributed by atoms with Crippen molar-refractivity contribution in [1.29, 1.82) is 0 Å². The number of rotatable bonds is 6. The Bertz CT molecular complexity index is 482. The van der Waals surface area contributed by atoms with Crippen molar-refractivity contribution in [1.82, 2.24) is 10.2 Å². The summed E-state index contributed by atoms with van der Waals surface area (Å²) in [4.78, 5) is 1.47. The van der Waals surface area contributed by atoms with E-state index in [2.05, 4.69) is 10.1 Å². The Labute approximate surface area is 125 Å². The van der Waals surface area contributed by atoms with Crippen LogP contribution in [-0.2, 0) is 0 Å². The zero-order valence-electron chi connectivity index (χ0n) is 11.8. The number of hydrogen-bond donors (Lipinski definition) is 2. The number of nitrogens with zero attached hydrogens (tertiary/aromatic N) is 1. The lowest BCUT2D eigenvalue weighted by Gasteiger charge is -2.39. The van der Waals surface area contributed by atoms with E-state index in [4.69, 9.17) is 5.11 Å². The maximum absolute atomic E-state index is 14.2. The van der Waals surface area contributed by atoms with E-state index in [0.717, 1.165) is 0 Å². The Morgan fingerprint density at radius 1 is 1.23 bits per heavy atom. The molecule has 0 bridgehead atoms. The number of halogens is 4. The molecule has 2 N–H and O–H groups in total. The number of hydrogen-bond acceptors (Lipinski definition) is 4. The first-order chi connectivity index (χ1) is 10.5. The number of nitrogens with one attached hydrogen (secondary N) is 1. The quantitative estimate of drug-likeness (QED) is 0.785. The van der Waals surface area contributed by atoms with Crippen molar-refractivity contribution in [2.75, 3.05) is 32.8 Å². The first kappa shape index (κ1) is 17.0. The second-order valence-electron chi connectivity index (χ2n) is 5.02. The van der Waals surface area contributed by atoms with Gasteiger partial charge in [-0.1, -0.05) is 18.2 Å². The minimum atomic E-state index is -3.47. The van der Waals surface area contributed by atoms with Crippen molar-refractivity contribution < 1.29 is 27.4 Å². The van der Waals surface area contributed by atoms with Crippen molar-refractivity contribution in [2.45, 2.75) is 18.6 Å². The molecule has 0 radical (unpaired) electrons. The van der Waals surface area contributed by atoms with Crippen LogP contribution in [0.15, 0.2) is 24.3 Å². The fourth-order valence-electron chi connectivity index (χ4n) is 2.63. The molecular formula is C14H18F4N2O2. The van der Waals surface area contributed by atoms with Crippen LogP contribution >= 0.6 is 0 Å². The Morgan fingerprint density at radius 3 is 2.45 bits per heavy atom. The fourth-order valence-corrected chi connectivity index (χ4v) is 2.63. The van der Waals surface area contributed by atoms with Crippen molar-refractivity contribution >= 4 is 0 Å². The second kappa shape index (κ2) is 7.26. The summed E-state index contributed by atoms with van der Waals surface area (Å²) in [5.74, 6) is -3.77. The Kier molecular flexibility index (Phi) is 5.60. The minimum Gasteiger partial charge on any atom is -0.434 e. The van der Waals surface area contributed by atoms with Crippen molar-refractivity contribution in [3.05, 3.63) is 29.8 Å². The zero-order chi connectivity index (χ0) is 16.2. The van der Waals surface area contributed by atoms with Gasteiger partial charge in [-0.15, -0.1) is 0 Å². The average molecular weight is 322 g/mol. The van der Waals surface area contributed by atoms with Gasteiger partial charge in [0.2, 0.25) is 0 Å². The average Bonchev–Trinajstić information content (AvgIpc) is 2.49. The number of alkyl halides is 4. The highest BCUT2D eigenvalue weighted by Crippen LogP contribution is 2.40. The molecule has 1 atom stereocenters. The molecule has 0 amide bonds. The summed E-state index contributed by atoms with van der Waals surface area (Å²) >= 11 is 0. The molecular weight excluding hydrogens is 304 g/mol. The summed E-state index contributed by atoms with van der Waals surface area (Å²) in [7, 11) is 0. The van der Waals surface area contributed by atoms with E-state index in [1.54, 1.807) is 0 Å². The SMILES string of the molecule is OCC(F)(F)[C@@H](c1ccccc1OC(F)F)N1CCNCC1. The minimum absolute atomic E-state index is 0.0521. The molecule has 1 aromatic carbocycles. The van der Waals surface area contributed by atoms with Gasteiger partial charge >= 0.3 is 6.61 Å². The molecule has 124 valence electrons. The summed E-state index contributed by atoms with van der Waals surface area (Å²) in [6, 6.07) is 3.95. The highest BCUT2D eigenvalue weighted by molar-refractivity contribution is 5.37. The van der Waals surface area contributed by atoms with Crippen LogP contribution in [0.3, 0.4) is 0 Å². The third kappa shape index (κ3) is 3.88. The summed E-state index contributed by atoms with van der Waals surface area (Å²) in [6.07, 6.45) is 0. The molecule has 1 aromatic rings. The topological polar surface area (TPSA) is 44.7 Å². The highest BCUT2D eigenvalue weighted by Gasteiger charge is 2.45. The molecule has 1 aliphatic heterocycles. The van der Waals surface area contributed by atoms with E-state index in [1.807, 2.05) is 0 Å². The predicted molar refractivity (Wildman–Crippen MR) is 72.3 cm³/mol. The van der Waals surface area contributed by atoms with Crippen LogP contribution in [0.4, 0.5) is 17.6 Å². The molecule has 0 aromatic heterocycles. The van der Waals surface area contributed by atoms with Gasteiger partial charge in [-0.05, 0) is 6.07 Å². The van der Waals surface area contributed by atoms with Crippen LogP contribution in [0.1, 0.15) is 11.6 Å². The maximum atomic E-state index is 14.2. The van der Waals surface area contributed by atoms with Crippen LogP contribution in [0.5, 0.6) is 5.75 Å². The molecule has 22 heavy (non-hydrogen) atoms. The van der Waals surface area contributed by atoms with Gasteiger partial charge in [-0.25, -0.2) is 8.78 Å². The first-order valence-electron chi connectivity index (χ1n) is 6.93. The third-order valence-corrected chi connectivity index (χ3v) is 3.56. The maximum Gasteiger partial charge on any atom is 0.387 e. The summed E-state index contributed by atoms with van der Waals surface area (Å²) in [5, 5.41) is 12.1. The van der Waals surface area contributed by atoms with E-state index in [1.165, 1.54) is 29.2 Å². The summed E-state index contributed by atoms with van der Waals surface area (Å²) < 4.78 is 57.9. The lowest BCUT2D eigenvalue weighted by Crippen LogP contribution is -2.51. The second-order valence-corrected chi connectivity index (χ2v) is 5.02. The van der Waals surface area contributed by atoms with E-state index in [0.29, 0.717) is 26.2 Å². The van der Waals surface area contributed by atoms with E-state index < -0.39 is 25.2 Å². The van der Waals surface area contributed by atoms with Crippen molar-refractivity contribution in [3.8, 4) is 5.75 Å². The lowest BCUT2D eigenvalue weighted by molar-refractivity contribution is -0.120. The number of ether oxygens (including phenoxy) is 1. The Balaban J connectivity index is 2.40. The molecule has 1 saturated heterocycles. The van der Waals surface area contributed by atoms with Gasteiger partial charge in [0.1, 0.15) is 18.4 Å². The standard InChI is InChI=1S/C14H18F4N2O2/c15-13(16)22-11-4-2-1-3-10(11)12(14(17,18)9-21)20-7-5-19-6-8-20/h1-4,12-13,19,21H,5-9H2/t12-/m1/s1. The summed E-state index contributed by atoms with van der Waals surface area (Å²) in [5.41, 5.74) is -0.0521. The van der Waals surface area contributed by atoms with E-state index in [9.17, 15) is 17.6 Å². The number of aliphatic hydroxyl groups is 1. The van der Waals surface area contributed by atoms with E-state index >= 15 is 0 Å². The largest absolute Gasteiger partial charge is 0.434 e. The molecule has 4 nitrogen and oxygen atoms in total. The van der Waals surface area contributed by atoms with Crippen LogP contribution in [0.25, 0.3) is 0 Å². The van der Waals surface area contributed by atoms with Gasteiger partial charge in [0.15, 0.2) is 0 Å². The molecule has 2 rings (SSSR count). The number of piperazine rings is 1. The molecule has 8 heteroatoms. The zero-order valence-corrected chi connectivity index (χ0v) is 11.8. The normalized spacial score (nSPS) is 18.5. The van der Waals surface area contributed by atoms with Crippen LogP contribution in [0, 0.1) is 0 Å². The molecule has 0 spiro atoms. The van der Waals surface area contributed by atoms with Crippen molar-refractivity contribution in [3.63, 3.8) is 0 Å². The van der Waals surface area contributed by atoms with Crippen LogP contribution in [-0.4, -0.2) is 55.3 Å². The number of aliphatic hydroxyl groups excluding tert-OH is 1. The van der Waals surface area contributed by atoms with E-state index in [-0.39, 0.29) is 11.3 Å². The molecule has 1 heterocycles. The Morgan fingerprint density at radius 2 is 1.86 bits per heavy atom. The van der Waals surface area contributed by atoms with Gasteiger partial charge in [0.05, 0.1) is 0 Å². The Hall–Kier alpha value is -1.38. The molecule has 0 unspecified atom stereocenters. The van der Waals surface area contributed by atoms with Gasteiger partial charge < -0.3 is 15.2 Å². The van der Waals surface area contributed by atoms with Gasteiger partial charge in [-0.2, -0.15) is 8.78 Å². The third-order valence-electron chi connectivity index (χ3n) is 3.56. The van der Waals surface area contributed by atoms with Crippen molar-refractivity contribution in [2.24, 2.45) is 0 Å². The van der Waals surface area contributed by atoms with Gasteiger partial charge in [0.25, 0.3) is 5.92 Å².